The molecular weight excluding hydrogens is 284 g/mol. The second-order valence-electron chi connectivity index (χ2n) is 4.61. The maximum atomic E-state index is 3.77. The van der Waals surface area contributed by atoms with Crippen LogP contribution in [0.15, 0.2) is 60.7 Å². The van der Waals surface area contributed by atoms with Crippen LogP contribution in [0.2, 0.25) is 0 Å². The average Bonchev–Trinajstić information content (AvgIpc) is 2.45. The minimum absolute atomic E-state index is 0.495. The first-order valence-corrected chi connectivity index (χ1v) is 7.51. The van der Waals surface area contributed by atoms with E-state index < -0.39 is 0 Å². The summed E-state index contributed by atoms with van der Waals surface area (Å²) in [6.07, 6.45) is 4.92. The van der Waals surface area contributed by atoms with Crippen LogP contribution in [0.5, 0.6) is 0 Å². The Labute approximate surface area is 118 Å². The molecule has 0 aromatic heterocycles. The molecule has 0 fully saturated rings. The van der Waals surface area contributed by atoms with Crippen LogP contribution in [0.1, 0.15) is 35.2 Å². The van der Waals surface area contributed by atoms with Crippen molar-refractivity contribution in [2.24, 2.45) is 0 Å². The average molecular weight is 303 g/mol. The third kappa shape index (κ3) is 4.30. The number of rotatable bonds is 6. The molecule has 18 heavy (non-hydrogen) atoms. The Morgan fingerprint density at radius 1 is 0.778 bits per heavy atom. The number of alkyl halides is 1. The second kappa shape index (κ2) is 7.38. The number of hydrogen-bond acceptors (Lipinski definition) is 0. The van der Waals surface area contributed by atoms with Crippen molar-refractivity contribution in [3.63, 3.8) is 0 Å². The molecule has 1 unspecified atom stereocenters. The van der Waals surface area contributed by atoms with Crippen LogP contribution >= 0.6 is 15.9 Å². The summed E-state index contributed by atoms with van der Waals surface area (Å²) in [4.78, 5) is 0.495. The number of unbranched alkanes of at least 4 members (excludes halogenated alkanes) is 1. The molecule has 0 radical (unpaired) electrons. The second-order valence-corrected chi connectivity index (χ2v) is 5.71. The van der Waals surface area contributed by atoms with Crippen LogP contribution in [0.4, 0.5) is 0 Å². The van der Waals surface area contributed by atoms with Gasteiger partial charge in [-0.15, -0.1) is 0 Å². The predicted molar refractivity (Wildman–Crippen MR) is 82.1 cm³/mol. The molecule has 1 heteroatoms. The highest BCUT2D eigenvalue weighted by atomic mass is 79.9. The van der Waals surface area contributed by atoms with Crippen LogP contribution in [0, 0.1) is 0 Å². The minimum atomic E-state index is 0.495. The zero-order valence-electron chi connectivity index (χ0n) is 10.6. The van der Waals surface area contributed by atoms with Crippen molar-refractivity contribution in [1.29, 1.82) is 0 Å². The Morgan fingerprint density at radius 2 is 1.39 bits per heavy atom. The summed E-state index contributed by atoms with van der Waals surface area (Å²) in [5.41, 5.74) is 2.83. The third-order valence-electron chi connectivity index (χ3n) is 3.18. The zero-order chi connectivity index (χ0) is 12.6. The van der Waals surface area contributed by atoms with E-state index in [0.29, 0.717) is 4.83 Å². The van der Waals surface area contributed by atoms with Crippen molar-refractivity contribution in [3.05, 3.63) is 71.8 Å². The van der Waals surface area contributed by atoms with Gasteiger partial charge >= 0.3 is 0 Å². The highest BCUT2D eigenvalue weighted by molar-refractivity contribution is 9.09. The van der Waals surface area contributed by atoms with Crippen LogP contribution < -0.4 is 0 Å². The summed E-state index contributed by atoms with van der Waals surface area (Å²) in [5.74, 6) is 0. The van der Waals surface area contributed by atoms with E-state index in [-0.39, 0.29) is 0 Å². The number of hydrogen-bond donors (Lipinski definition) is 0. The monoisotopic (exact) mass is 302 g/mol. The maximum Gasteiger partial charge on any atom is 0.0395 e. The summed E-state index contributed by atoms with van der Waals surface area (Å²) in [6, 6.07) is 21.4. The first-order valence-electron chi connectivity index (χ1n) is 6.59. The van der Waals surface area contributed by atoms with Gasteiger partial charge in [0.15, 0.2) is 0 Å². The summed E-state index contributed by atoms with van der Waals surface area (Å²) in [6.45, 7) is 0. The molecule has 2 rings (SSSR count). The van der Waals surface area contributed by atoms with Crippen LogP contribution in [0.25, 0.3) is 0 Å². The van der Waals surface area contributed by atoms with Gasteiger partial charge in [0.2, 0.25) is 0 Å². The summed E-state index contributed by atoms with van der Waals surface area (Å²) in [7, 11) is 0. The highest BCUT2D eigenvalue weighted by Gasteiger charge is 2.05. The first kappa shape index (κ1) is 13.4. The van der Waals surface area contributed by atoms with Crippen LogP contribution in [-0.2, 0) is 6.42 Å². The third-order valence-corrected chi connectivity index (χ3v) is 4.16. The fourth-order valence-electron chi connectivity index (χ4n) is 2.13. The van der Waals surface area contributed by atoms with Crippen molar-refractivity contribution in [1.82, 2.24) is 0 Å². The quantitative estimate of drug-likeness (QED) is 0.486. The highest BCUT2D eigenvalue weighted by Crippen LogP contribution is 2.28. The normalized spacial score (nSPS) is 12.3. The number of halogens is 1. The Morgan fingerprint density at radius 3 is 2.06 bits per heavy atom. The summed E-state index contributed by atoms with van der Waals surface area (Å²) >= 11 is 3.77. The molecule has 2 aromatic rings. The lowest BCUT2D eigenvalue weighted by Crippen LogP contribution is -1.91. The fraction of sp³-hybridized carbons (Fsp3) is 0.294. The largest absolute Gasteiger partial charge is 0.0839 e. The topological polar surface area (TPSA) is 0 Å². The Balaban J connectivity index is 1.70. The van der Waals surface area contributed by atoms with Gasteiger partial charge < -0.3 is 0 Å². The van der Waals surface area contributed by atoms with Gasteiger partial charge in [0.1, 0.15) is 0 Å². The summed E-state index contributed by atoms with van der Waals surface area (Å²) < 4.78 is 0. The van der Waals surface area contributed by atoms with E-state index in [2.05, 4.69) is 76.6 Å². The minimum Gasteiger partial charge on any atom is -0.0839 e. The fourth-order valence-corrected chi connectivity index (χ4v) is 2.75. The molecule has 0 spiro atoms. The van der Waals surface area contributed by atoms with Crippen molar-refractivity contribution in [2.75, 3.05) is 0 Å². The molecule has 0 saturated heterocycles. The molecule has 0 heterocycles. The standard InChI is InChI=1S/C17H19Br/c18-17(16-12-5-2-6-13-16)14-8-7-11-15-9-3-1-4-10-15/h1-6,9-10,12-13,17H,7-8,11,14H2. The Hall–Kier alpha value is -1.08. The van der Waals surface area contributed by atoms with Gasteiger partial charge in [0, 0.05) is 4.83 Å². The number of benzene rings is 2. The van der Waals surface area contributed by atoms with E-state index in [1.807, 2.05) is 0 Å². The lowest BCUT2D eigenvalue weighted by atomic mass is 10.0. The smallest absolute Gasteiger partial charge is 0.0395 e. The van der Waals surface area contributed by atoms with Gasteiger partial charge in [0.05, 0.1) is 0 Å². The molecule has 94 valence electrons. The molecule has 0 nitrogen and oxygen atoms in total. The molecular formula is C17H19Br. The Kier molecular flexibility index (Phi) is 5.47. The summed E-state index contributed by atoms with van der Waals surface area (Å²) in [5, 5.41) is 0. The van der Waals surface area contributed by atoms with Gasteiger partial charge in [-0.2, -0.15) is 0 Å². The van der Waals surface area contributed by atoms with Crippen molar-refractivity contribution >= 4 is 15.9 Å². The van der Waals surface area contributed by atoms with Crippen molar-refractivity contribution < 1.29 is 0 Å². The predicted octanol–water partition coefficient (Wildman–Crippen LogP) is 5.54. The molecule has 0 aliphatic heterocycles. The SMILES string of the molecule is BrC(CCCCc1ccccc1)c1ccccc1. The van der Waals surface area contributed by atoms with E-state index in [0.717, 1.165) is 0 Å². The molecule has 0 bridgehead atoms. The van der Waals surface area contributed by atoms with Gasteiger partial charge in [-0.05, 0) is 30.4 Å². The van der Waals surface area contributed by atoms with E-state index in [4.69, 9.17) is 0 Å². The Bertz CT molecular complexity index is 436. The number of aryl methyl sites for hydroxylation is 1. The van der Waals surface area contributed by atoms with Crippen LogP contribution in [-0.4, -0.2) is 0 Å². The van der Waals surface area contributed by atoms with Gasteiger partial charge in [0.25, 0.3) is 0 Å². The van der Waals surface area contributed by atoms with Gasteiger partial charge in [-0.1, -0.05) is 83.0 Å². The van der Waals surface area contributed by atoms with Gasteiger partial charge in [-0.3, -0.25) is 0 Å². The maximum absolute atomic E-state index is 3.77. The van der Waals surface area contributed by atoms with Gasteiger partial charge in [-0.25, -0.2) is 0 Å². The zero-order valence-corrected chi connectivity index (χ0v) is 12.1. The van der Waals surface area contributed by atoms with Crippen molar-refractivity contribution in [3.8, 4) is 0 Å². The molecule has 1 atom stereocenters. The van der Waals surface area contributed by atoms with E-state index in [9.17, 15) is 0 Å². The lowest BCUT2D eigenvalue weighted by molar-refractivity contribution is 0.675. The first-order chi connectivity index (χ1) is 8.86. The molecule has 0 amide bonds. The van der Waals surface area contributed by atoms with Crippen molar-refractivity contribution in [2.45, 2.75) is 30.5 Å². The molecule has 0 saturated carbocycles. The van der Waals surface area contributed by atoms with Crippen LogP contribution in [0.3, 0.4) is 0 Å². The van der Waals surface area contributed by atoms with E-state index >= 15 is 0 Å². The van der Waals surface area contributed by atoms with E-state index in [1.165, 1.54) is 36.8 Å². The molecule has 2 aromatic carbocycles. The molecule has 0 aliphatic carbocycles. The molecule has 0 aliphatic rings. The lowest BCUT2D eigenvalue weighted by Gasteiger charge is -2.09. The van der Waals surface area contributed by atoms with E-state index in [1.54, 1.807) is 0 Å². The molecule has 0 N–H and O–H groups in total.